The van der Waals surface area contributed by atoms with Crippen molar-refractivity contribution in [3.05, 3.63) is 52.3 Å². The number of amides is 1. The fourth-order valence-corrected chi connectivity index (χ4v) is 4.29. The number of pyridine rings is 1. The summed E-state index contributed by atoms with van der Waals surface area (Å²) in [6.45, 7) is 5.15. The molecule has 2 aromatic rings. The van der Waals surface area contributed by atoms with Crippen LogP contribution in [0.1, 0.15) is 29.8 Å². The molecule has 5 rings (SSSR count). The number of epoxide rings is 1. The van der Waals surface area contributed by atoms with Crippen LogP contribution in [0, 0.1) is 6.92 Å². The maximum absolute atomic E-state index is 13.5. The Balaban J connectivity index is 1.45. The van der Waals surface area contributed by atoms with Gasteiger partial charge in [0, 0.05) is 25.6 Å². The van der Waals surface area contributed by atoms with Gasteiger partial charge in [0.1, 0.15) is 12.1 Å². The number of aromatic nitrogens is 1. The van der Waals surface area contributed by atoms with Crippen LogP contribution in [0.4, 0.5) is 24.7 Å². The molecule has 35 heavy (non-hydrogen) atoms. The van der Waals surface area contributed by atoms with Crippen molar-refractivity contribution in [2.45, 2.75) is 51.1 Å². The Morgan fingerprint density at radius 1 is 1.34 bits per heavy atom. The zero-order chi connectivity index (χ0) is 25.3. The molecule has 1 aromatic carbocycles. The van der Waals surface area contributed by atoms with Gasteiger partial charge in [0.05, 0.1) is 22.0 Å². The molecule has 9 nitrogen and oxygen atoms in total. The summed E-state index contributed by atoms with van der Waals surface area (Å²) >= 11 is 6.19. The lowest BCUT2D eigenvalue weighted by atomic mass is 10.0. The van der Waals surface area contributed by atoms with E-state index in [-0.39, 0.29) is 22.1 Å². The number of primary amides is 1. The van der Waals surface area contributed by atoms with Gasteiger partial charge in [0.15, 0.2) is 23.5 Å². The molecule has 1 aromatic heterocycles. The van der Waals surface area contributed by atoms with Crippen LogP contribution in [0.3, 0.4) is 0 Å². The van der Waals surface area contributed by atoms with Gasteiger partial charge in [0.2, 0.25) is 5.79 Å². The third-order valence-corrected chi connectivity index (χ3v) is 5.99. The highest BCUT2D eigenvalue weighted by Gasteiger charge is 2.52. The molecule has 0 aliphatic carbocycles. The number of carbonyl (C=O) groups excluding carboxylic acids is 1. The molecule has 3 aliphatic rings. The van der Waals surface area contributed by atoms with E-state index in [4.69, 9.17) is 31.5 Å². The van der Waals surface area contributed by atoms with E-state index >= 15 is 0 Å². The topological polar surface area (TPSA) is 114 Å². The number of hydrogen-bond donors (Lipinski definition) is 3. The molecule has 1 amide bonds. The molecule has 186 valence electrons. The van der Waals surface area contributed by atoms with Gasteiger partial charge < -0.3 is 25.3 Å². The second-order valence-electron chi connectivity index (χ2n) is 8.73. The number of rotatable bonds is 5. The van der Waals surface area contributed by atoms with Gasteiger partial charge in [-0.3, -0.25) is 9.80 Å². The quantitative estimate of drug-likeness (QED) is 0.522. The van der Waals surface area contributed by atoms with E-state index in [0.29, 0.717) is 22.7 Å². The Morgan fingerprint density at radius 3 is 2.74 bits per heavy atom. The molecule has 1 fully saturated rings. The number of nitrogens with zero attached hydrogens (tertiary/aromatic N) is 2. The minimum atomic E-state index is -4.56. The van der Waals surface area contributed by atoms with E-state index in [1.165, 1.54) is 18.3 Å². The van der Waals surface area contributed by atoms with Gasteiger partial charge in [-0.2, -0.15) is 13.2 Å². The molecular weight excluding hydrogens is 491 g/mol. The fraction of sp³-hybridized carbons (Fsp3) is 0.364. The zero-order valence-corrected chi connectivity index (χ0v) is 19.5. The van der Waals surface area contributed by atoms with Gasteiger partial charge >= 0.3 is 6.18 Å². The number of halogens is 4. The standard InChI is InChI=1S/C22H21ClF3N5O4/c1-9-15(10(18(27)32)7-13-16(9)35-21(2,3)34-13)29-20-17(33-20)12-8-14(22(24,25)26)30-31(12)19-11(23)5-4-6-28-19/h4-8,14,17,20,29-30H,1-3H3,(H2,27,32). The number of nitrogens with one attached hydrogen (secondary N) is 2. The third kappa shape index (κ3) is 4.21. The van der Waals surface area contributed by atoms with Crippen molar-refractivity contribution < 1.29 is 32.2 Å². The van der Waals surface area contributed by atoms with Crippen LogP contribution < -0.4 is 31.0 Å². The van der Waals surface area contributed by atoms with E-state index in [1.807, 2.05) is 0 Å². The predicted octanol–water partition coefficient (Wildman–Crippen LogP) is 3.63. The Bertz CT molecular complexity index is 1250. The van der Waals surface area contributed by atoms with E-state index in [1.54, 1.807) is 26.8 Å². The number of nitrogens with two attached hydrogens (primary N) is 1. The number of ether oxygens (including phenoxy) is 3. The lowest BCUT2D eigenvalue weighted by molar-refractivity contribution is -0.142. The summed E-state index contributed by atoms with van der Waals surface area (Å²) in [6.07, 6.45) is -3.68. The van der Waals surface area contributed by atoms with Gasteiger partial charge in [-0.1, -0.05) is 11.6 Å². The Morgan fingerprint density at radius 2 is 2.09 bits per heavy atom. The average Bonchev–Trinajstić information content (AvgIpc) is 3.22. The molecule has 0 saturated carbocycles. The van der Waals surface area contributed by atoms with Gasteiger partial charge in [-0.25, -0.2) is 10.4 Å². The molecule has 3 unspecified atom stereocenters. The molecule has 3 aliphatic heterocycles. The molecule has 4 heterocycles. The minimum absolute atomic E-state index is 0.0979. The normalized spacial score (nSPS) is 24.4. The highest BCUT2D eigenvalue weighted by molar-refractivity contribution is 6.33. The summed E-state index contributed by atoms with van der Waals surface area (Å²) in [5, 5.41) is 4.39. The van der Waals surface area contributed by atoms with Gasteiger partial charge in [-0.15, -0.1) is 0 Å². The van der Waals surface area contributed by atoms with Gasteiger partial charge in [0.25, 0.3) is 5.91 Å². The fourth-order valence-electron chi connectivity index (χ4n) is 4.08. The van der Waals surface area contributed by atoms with Crippen LogP contribution in [-0.4, -0.2) is 41.2 Å². The summed E-state index contributed by atoms with van der Waals surface area (Å²) < 4.78 is 57.8. The van der Waals surface area contributed by atoms with Gasteiger partial charge in [-0.05, 0) is 31.2 Å². The second kappa shape index (κ2) is 7.90. The van der Waals surface area contributed by atoms with Crippen molar-refractivity contribution in [1.82, 2.24) is 10.4 Å². The summed E-state index contributed by atoms with van der Waals surface area (Å²) in [5.74, 6) is -0.757. The number of benzene rings is 1. The van der Waals surface area contributed by atoms with Crippen LogP contribution in [0.2, 0.25) is 5.02 Å². The van der Waals surface area contributed by atoms with Crippen LogP contribution in [0.25, 0.3) is 0 Å². The highest BCUT2D eigenvalue weighted by atomic mass is 35.5. The van der Waals surface area contributed by atoms with E-state index < -0.39 is 36.2 Å². The average molecular weight is 512 g/mol. The first-order chi connectivity index (χ1) is 16.4. The molecule has 3 atom stereocenters. The largest absolute Gasteiger partial charge is 0.449 e. The first kappa shape index (κ1) is 23.5. The Hall–Kier alpha value is -3.22. The maximum Gasteiger partial charge on any atom is 0.409 e. The van der Waals surface area contributed by atoms with Crippen LogP contribution in [0.15, 0.2) is 36.2 Å². The summed E-state index contributed by atoms with van der Waals surface area (Å²) in [5.41, 5.74) is 9.16. The van der Waals surface area contributed by atoms with E-state index in [2.05, 4.69) is 15.7 Å². The molecule has 0 spiro atoms. The van der Waals surface area contributed by atoms with Crippen molar-refractivity contribution in [3.63, 3.8) is 0 Å². The van der Waals surface area contributed by atoms with Crippen LogP contribution in [0.5, 0.6) is 11.5 Å². The zero-order valence-electron chi connectivity index (χ0n) is 18.7. The number of anilines is 2. The van der Waals surface area contributed by atoms with Crippen molar-refractivity contribution in [1.29, 1.82) is 0 Å². The molecule has 0 bridgehead atoms. The van der Waals surface area contributed by atoms with Crippen molar-refractivity contribution >= 4 is 29.0 Å². The van der Waals surface area contributed by atoms with Crippen molar-refractivity contribution in [2.24, 2.45) is 5.73 Å². The number of carbonyl (C=O) groups is 1. The van der Waals surface area contributed by atoms with E-state index in [9.17, 15) is 18.0 Å². The highest BCUT2D eigenvalue weighted by Crippen LogP contribution is 2.47. The summed E-state index contributed by atoms with van der Waals surface area (Å²) in [7, 11) is 0. The van der Waals surface area contributed by atoms with Crippen LogP contribution >= 0.6 is 11.6 Å². The maximum atomic E-state index is 13.5. The lowest BCUT2D eigenvalue weighted by Crippen LogP contribution is -2.45. The molecular formula is C22H21ClF3N5O4. The number of hydrogen-bond acceptors (Lipinski definition) is 8. The number of alkyl halides is 3. The van der Waals surface area contributed by atoms with Crippen molar-refractivity contribution in [3.8, 4) is 11.5 Å². The molecule has 1 saturated heterocycles. The van der Waals surface area contributed by atoms with Crippen molar-refractivity contribution in [2.75, 3.05) is 10.3 Å². The SMILES string of the molecule is Cc1c(NC2OC2C2=CC(C(F)(F)F)NN2c2ncccc2Cl)c(C(N)=O)cc2c1OC(C)(C)O2. The molecule has 13 heteroatoms. The van der Waals surface area contributed by atoms with Crippen LogP contribution in [-0.2, 0) is 4.74 Å². The molecule has 0 radical (unpaired) electrons. The Kier molecular flexibility index (Phi) is 5.31. The first-order valence-electron chi connectivity index (χ1n) is 10.6. The summed E-state index contributed by atoms with van der Waals surface area (Å²) in [6, 6.07) is 2.59. The van der Waals surface area contributed by atoms with E-state index in [0.717, 1.165) is 11.1 Å². The smallest absolute Gasteiger partial charge is 0.409 e. The Labute approximate surface area is 202 Å². The number of fused-ring (bicyclic) bond motifs is 1. The lowest BCUT2D eigenvalue weighted by Gasteiger charge is -2.24. The summed E-state index contributed by atoms with van der Waals surface area (Å²) in [4.78, 5) is 16.3. The first-order valence-corrected chi connectivity index (χ1v) is 11.0. The minimum Gasteiger partial charge on any atom is -0.449 e. The number of hydrazine groups is 1. The predicted molar refractivity (Wildman–Crippen MR) is 120 cm³/mol. The third-order valence-electron chi connectivity index (χ3n) is 5.69. The second-order valence-corrected chi connectivity index (χ2v) is 9.13. The monoisotopic (exact) mass is 511 g/mol. The molecule has 4 N–H and O–H groups in total.